The first-order valence-corrected chi connectivity index (χ1v) is 21.3. The van der Waals surface area contributed by atoms with E-state index >= 15 is 0 Å². The summed E-state index contributed by atoms with van der Waals surface area (Å²) < 4.78 is 25.0. The van der Waals surface area contributed by atoms with Crippen molar-refractivity contribution in [2.75, 3.05) is 10.6 Å². The highest BCUT2D eigenvalue weighted by Crippen LogP contribution is 2.27. The van der Waals surface area contributed by atoms with Crippen molar-refractivity contribution in [3.05, 3.63) is 202 Å². The minimum absolute atomic E-state index is 0.150. The summed E-state index contributed by atoms with van der Waals surface area (Å²) in [5, 5.41) is 26.3. The number of carbonyl (C=O) groups is 2. The fourth-order valence-electron chi connectivity index (χ4n) is 6.95. The maximum Gasteiger partial charge on any atom is 0.326 e. The molecule has 65 heavy (non-hydrogen) atoms. The van der Waals surface area contributed by atoms with Crippen molar-refractivity contribution >= 4 is 35.2 Å². The number of hydrogen-bond donors (Lipinski definition) is 4. The number of anilines is 2. The molecule has 4 N–H and O–H groups in total. The number of hydrogen-bond acceptors (Lipinski definition) is 10. The van der Waals surface area contributed by atoms with E-state index in [1.54, 1.807) is 36.7 Å². The molecule has 0 amide bonds. The lowest BCUT2D eigenvalue weighted by Gasteiger charge is -2.17. The number of halogens is 2. The number of aryl methyl sites for hydroxylation is 2. The van der Waals surface area contributed by atoms with Crippen LogP contribution in [0.4, 0.5) is 16.0 Å². The molecule has 8 aromatic rings. The first-order chi connectivity index (χ1) is 31.5. The molecule has 4 heterocycles. The second-order valence-corrected chi connectivity index (χ2v) is 15.5. The van der Waals surface area contributed by atoms with Crippen molar-refractivity contribution in [3.63, 3.8) is 0 Å². The van der Waals surface area contributed by atoms with Crippen molar-refractivity contribution in [2.45, 2.75) is 58.0 Å². The molecule has 4 aromatic heterocycles. The fraction of sp³-hybridized carbons (Fsp3) is 0.176. The number of benzene rings is 4. The Balaban J connectivity index is 0.000000194. The van der Waals surface area contributed by atoms with Crippen LogP contribution in [0, 0.1) is 12.7 Å². The minimum atomic E-state index is -1.03. The zero-order chi connectivity index (χ0) is 45.7. The summed E-state index contributed by atoms with van der Waals surface area (Å²) in [5.41, 5.74) is 5.89. The Labute approximate surface area is 380 Å². The highest BCUT2D eigenvalue weighted by atomic mass is 35.5. The van der Waals surface area contributed by atoms with Gasteiger partial charge < -0.3 is 29.7 Å². The second-order valence-electron chi connectivity index (χ2n) is 15.1. The molecule has 2 unspecified atom stereocenters. The van der Waals surface area contributed by atoms with Gasteiger partial charge in [-0.3, -0.25) is 0 Å². The van der Waals surface area contributed by atoms with Gasteiger partial charge in [0.05, 0.1) is 35.2 Å². The van der Waals surface area contributed by atoms with Crippen LogP contribution in [0.15, 0.2) is 155 Å². The number of rotatable bonds is 17. The molecule has 14 heteroatoms. The Bertz CT molecular complexity index is 2850. The van der Waals surface area contributed by atoms with Gasteiger partial charge in [-0.15, -0.1) is 0 Å². The third kappa shape index (κ3) is 12.5. The van der Waals surface area contributed by atoms with Gasteiger partial charge in [-0.1, -0.05) is 110 Å². The molecule has 0 aliphatic carbocycles. The lowest BCUT2D eigenvalue weighted by molar-refractivity contribution is -0.138. The van der Waals surface area contributed by atoms with Crippen LogP contribution in [0.25, 0.3) is 22.5 Å². The van der Waals surface area contributed by atoms with Crippen LogP contribution >= 0.6 is 11.6 Å². The quantitative estimate of drug-likeness (QED) is 0.0681. The van der Waals surface area contributed by atoms with Gasteiger partial charge in [-0.25, -0.2) is 33.9 Å². The molecule has 0 saturated carbocycles. The van der Waals surface area contributed by atoms with Crippen molar-refractivity contribution in [1.29, 1.82) is 0 Å². The van der Waals surface area contributed by atoms with Crippen LogP contribution in [0.2, 0.25) is 5.02 Å². The molecule has 0 fully saturated rings. The monoisotopic (exact) mass is 892 g/mol. The van der Waals surface area contributed by atoms with E-state index in [9.17, 15) is 24.2 Å². The molecule has 330 valence electrons. The molecule has 0 aliphatic rings. The van der Waals surface area contributed by atoms with Crippen molar-refractivity contribution in [1.82, 2.24) is 19.9 Å². The van der Waals surface area contributed by atoms with Crippen molar-refractivity contribution < 1.29 is 33.0 Å². The number of carboxylic acids is 2. The van der Waals surface area contributed by atoms with E-state index in [4.69, 9.17) is 30.4 Å². The molecular formula is C51H46ClFN6O6. The van der Waals surface area contributed by atoms with E-state index in [-0.39, 0.29) is 18.7 Å². The molecule has 0 bridgehead atoms. The molecular weight excluding hydrogens is 847 g/mol. The summed E-state index contributed by atoms with van der Waals surface area (Å²) in [5.74, 6) is 1.06. The van der Waals surface area contributed by atoms with Gasteiger partial charge in [0.2, 0.25) is 0 Å². The van der Waals surface area contributed by atoms with Crippen LogP contribution in [0.1, 0.15) is 52.5 Å². The number of nitrogens with one attached hydrogen (secondary N) is 2. The largest absolute Gasteiger partial charge is 0.480 e. The zero-order valence-corrected chi connectivity index (χ0v) is 36.4. The van der Waals surface area contributed by atoms with E-state index in [2.05, 4.69) is 20.6 Å². The predicted molar refractivity (Wildman–Crippen MR) is 247 cm³/mol. The first-order valence-electron chi connectivity index (χ1n) is 20.9. The Morgan fingerprint density at radius 2 is 1.17 bits per heavy atom. The lowest BCUT2D eigenvalue weighted by Crippen LogP contribution is -2.32. The average molecular weight is 893 g/mol. The van der Waals surface area contributed by atoms with Gasteiger partial charge in [0.1, 0.15) is 52.6 Å². The molecule has 12 nitrogen and oxygen atoms in total. The normalized spacial score (nSPS) is 11.8. The summed E-state index contributed by atoms with van der Waals surface area (Å²) in [6, 6.07) is 38.4. The summed E-state index contributed by atoms with van der Waals surface area (Å²) in [4.78, 5) is 42.5. The number of nitrogens with zero attached hydrogens (tertiary/aromatic N) is 4. The summed E-state index contributed by atoms with van der Waals surface area (Å²) in [6.07, 6.45) is 5.00. The first kappa shape index (κ1) is 45.4. The summed E-state index contributed by atoms with van der Waals surface area (Å²) >= 11 is 6.37. The molecule has 4 aromatic carbocycles. The van der Waals surface area contributed by atoms with Gasteiger partial charge >= 0.3 is 11.9 Å². The Hall–Kier alpha value is -7.64. The number of aliphatic carboxylic acids is 2. The van der Waals surface area contributed by atoms with Gasteiger partial charge in [0, 0.05) is 48.3 Å². The van der Waals surface area contributed by atoms with E-state index < -0.39 is 24.0 Å². The second kappa shape index (κ2) is 21.6. The van der Waals surface area contributed by atoms with Crippen molar-refractivity contribution in [3.8, 4) is 22.5 Å². The van der Waals surface area contributed by atoms with Gasteiger partial charge in [0.15, 0.2) is 0 Å². The van der Waals surface area contributed by atoms with E-state index in [1.807, 2.05) is 111 Å². The predicted octanol–water partition coefficient (Wildman–Crippen LogP) is 10.5. The minimum Gasteiger partial charge on any atom is -0.480 e. The number of carboxylic acid groups (broad SMARTS) is 2. The lowest BCUT2D eigenvalue weighted by atomic mass is 10.1. The van der Waals surface area contributed by atoms with Crippen LogP contribution in [0.3, 0.4) is 0 Å². The molecule has 0 spiro atoms. The molecule has 0 aliphatic heterocycles. The maximum absolute atomic E-state index is 13.8. The maximum atomic E-state index is 13.8. The van der Waals surface area contributed by atoms with Crippen LogP contribution in [-0.2, 0) is 41.7 Å². The average Bonchev–Trinajstić information content (AvgIpc) is 3.96. The third-order valence-corrected chi connectivity index (χ3v) is 10.7. The zero-order valence-electron chi connectivity index (χ0n) is 35.6. The Morgan fingerprint density at radius 3 is 1.68 bits per heavy atom. The van der Waals surface area contributed by atoms with Gasteiger partial charge in [0.25, 0.3) is 0 Å². The summed E-state index contributed by atoms with van der Waals surface area (Å²) in [7, 11) is 0. The molecule has 2 atom stereocenters. The molecule has 0 radical (unpaired) electrons. The number of furan rings is 2. The number of aromatic nitrogens is 4. The van der Waals surface area contributed by atoms with Gasteiger partial charge in [-0.2, -0.15) is 0 Å². The fourth-order valence-corrected chi connectivity index (χ4v) is 7.15. The Morgan fingerprint density at radius 1 is 0.646 bits per heavy atom. The Kier molecular flexibility index (Phi) is 15.1. The molecule has 0 saturated heterocycles. The van der Waals surface area contributed by atoms with Crippen LogP contribution in [-0.4, -0.2) is 54.2 Å². The van der Waals surface area contributed by atoms with Crippen LogP contribution in [0.5, 0.6) is 0 Å². The topological polar surface area (TPSA) is 176 Å². The van der Waals surface area contributed by atoms with E-state index in [1.165, 1.54) is 12.1 Å². The standard InChI is InChI=1S/C26H24FN3O3.C25H22ClN3O3/c1-2-20-11-12-21(33-20)15-23(26(31)32)30-25-22(14-17-7-6-10-19(27)13-17)29-24(16-28-25)18-8-4-3-5-9-18;1-16-11-12-19(32-16)14-22(25(30)31)29-24-21(13-18-9-5-6-10-20(18)26)28-23(15-27-24)17-7-3-2-4-8-17/h3-13,16,23H,2,14-15H2,1H3,(H,28,30)(H,31,32);2-12,15,22H,13-14H2,1H3,(H,27,29)(H,30,31). The van der Waals surface area contributed by atoms with Crippen molar-refractivity contribution in [2.24, 2.45) is 0 Å². The van der Waals surface area contributed by atoms with Gasteiger partial charge in [-0.05, 0) is 60.5 Å². The molecule has 8 rings (SSSR count). The third-order valence-electron chi connectivity index (χ3n) is 10.3. The van der Waals surface area contributed by atoms with Crippen LogP contribution < -0.4 is 10.6 Å². The highest BCUT2D eigenvalue weighted by molar-refractivity contribution is 6.31. The SMILES string of the molecule is CCc1ccc(CC(Nc2ncc(-c3ccccc3)nc2Cc2cccc(F)c2)C(=O)O)o1.Cc1ccc(CC(Nc2ncc(-c3ccccc3)nc2Cc2ccccc2Cl)C(=O)O)o1. The highest BCUT2D eigenvalue weighted by Gasteiger charge is 2.24. The smallest absolute Gasteiger partial charge is 0.326 e. The summed E-state index contributed by atoms with van der Waals surface area (Å²) in [6.45, 7) is 3.79. The van der Waals surface area contributed by atoms with E-state index in [0.717, 1.165) is 34.6 Å². The van der Waals surface area contributed by atoms with E-state index in [0.29, 0.717) is 69.4 Å².